The summed E-state index contributed by atoms with van der Waals surface area (Å²) in [5, 5.41) is 11.8. The molecule has 0 aromatic heterocycles. The Morgan fingerprint density at radius 3 is 2.58 bits per heavy atom. The number of hydrogen-bond donors (Lipinski definition) is 2. The molecule has 2 atom stereocenters. The fourth-order valence-electron chi connectivity index (χ4n) is 1.94. The van der Waals surface area contributed by atoms with Crippen LogP contribution in [0.4, 0.5) is 0 Å². The Hall–Kier alpha value is -1.40. The molecule has 1 aliphatic rings. The van der Waals surface area contributed by atoms with Gasteiger partial charge in [-0.2, -0.15) is 0 Å². The van der Waals surface area contributed by atoms with Gasteiger partial charge in [-0.1, -0.05) is 28.1 Å². The molecule has 0 radical (unpaired) electrons. The lowest BCUT2D eigenvalue weighted by Gasteiger charge is -2.17. The number of carbonyl (C=O) groups excluding carboxylic acids is 1. The summed E-state index contributed by atoms with van der Waals surface area (Å²) in [6.45, 7) is 0.909. The highest BCUT2D eigenvalue weighted by atomic mass is 79.9. The number of carboxylic acids is 1. The van der Waals surface area contributed by atoms with E-state index in [-0.39, 0.29) is 11.8 Å². The Morgan fingerprint density at radius 2 is 2.05 bits per heavy atom. The van der Waals surface area contributed by atoms with Crippen LogP contribution in [0.5, 0.6) is 0 Å². The van der Waals surface area contributed by atoms with Crippen molar-refractivity contribution in [3.05, 3.63) is 34.3 Å². The van der Waals surface area contributed by atoms with Gasteiger partial charge in [-0.15, -0.1) is 0 Å². The number of nitrogens with one attached hydrogen (secondary N) is 1. The molecule has 0 aliphatic carbocycles. The minimum absolute atomic E-state index is 0.253. The minimum atomic E-state index is -1.07. The van der Waals surface area contributed by atoms with Crippen LogP contribution in [0, 0.1) is 5.92 Å². The Bertz CT molecular complexity index is 468. The Kier molecular flexibility index (Phi) is 4.55. The van der Waals surface area contributed by atoms with Crippen LogP contribution in [-0.4, -0.2) is 30.2 Å². The molecule has 2 rings (SSSR count). The molecule has 1 heterocycles. The Morgan fingerprint density at radius 1 is 1.37 bits per heavy atom. The second kappa shape index (κ2) is 6.16. The molecule has 2 N–H and O–H groups in total. The van der Waals surface area contributed by atoms with E-state index in [1.165, 1.54) is 0 Å². The van der Waals surface area contributed by atoms with Crippen LogP contribution < -0.4 is 5.32 Å². The molecular formula is C13H14BrNO4. The van der Waals surface area contributed by atoms with Gasteiger partial charge in [0.25, 0.3) is 0 Å². The molecule has 19 heavy (non-hydrogen) atoms. The van der Waals surface area contributed by atoms with Crippen molar-refractivity contribution in [2.45, 2.75) is 12.5 Å². The van der Waals surface area contributed by atoms with Gasteiger partial charge in [-0.25, -0.2) is 4.79 Å². The lowest BCUT2D eigenvalue weighted by atomic mass is 10.0. The monoisotopic (exact) mass is 327 g/mol. The number of ether oxygens (including phenoxy) is 1. The SMILES string of the molecule is O=C(NC(C(=O)O)c1ccc(Br)cc1)C1CCOC1. The van der Waals surface area contributed by atoms with Gasteiger partial charge in [0.1, 0.15) is 0 Å². The standard InChI is InChI=1S/C13H14BrNO4/c14-10-3-1-8(2-4-10)11(13(17)18)15-12(16)9-5-6-19-7-9/h1-4,9,11H,5-7H2,(H,15,16)(H,17,18). The number of carbonyl (C=O) groups is 2. The van der Waals surface area contributed by atoms with E-state index < -0.39 is 12.0 Å². The van der Waals surface area contributed by atoms with Crippen molar-refractivity contribution >= 4 is 27.8 Å². The maximum atomic E-state index is 11.9. The van der Waals surface area contributed by atoms with Crippen LogP contribution in [0.1, 0.15) is 18.0 Å². The second-order valence-corrected chi connectivity index (χ2v) is 5.31. The third-order valence-corrected chi connectivity index (χ3v) is 3.57. The Labute approximate surface area is 119 Å². The second-order valence-electron chi connectivity index (χ2n) is 4.39. The van der Waals surface area contributed by atoms with Crippen molar-refractivity contribution in [2.75, 3.05) is 13.2 Å². The minimum Gasteiger partial charge on any atom is -0.479 e. The van der Waals surface area contributed by atoms with Crippen LogP contribution in [0.2, 0.25) is 0 Å². The van der Waals surface area contributed by atoms with Crippen molar-refractivity contribution in [3.8, 4) is 0 Å². The quantitative estimate of drug-likeness (QED) is 0.883. The van der Waals surface area contributed by atoms with E-state index in [4.69, 9.17) is 4.74 Å². The molecule has 1 amide bonds. The van der Waals surface area contributed by atoms with Gasteiger partial charge in [0.05, 0.1) is 12.5 Å². The van der Waals surface area contributed by atoms with E-state index in [2.05, 4.69) is 21.2 Å². The van der Waals surface area contributed by atoms with Crippen LogP contribution >= 0.6 is 15.9 Å². The molecule has 102 valence electrons. The topological polar surface area (TPSA) is 75.6 Å². The summed E-state index contributed by atoms with van der Waals surface area (Å²) >= 11 is 3.29. The van der Waals surface area contributed by atoms with E-state index in [9.17, 15) is 14.7 Å². The predicted molar refractivity (Wildman–Crippen MR) is 71.6 cm³/mol. The van der Waals surface area contributed by atoms with Gasteiger partial charge >= 0.3 is 5.97 Å². The summed E-state index contributed by atoms with van der Waals surface area (Å²) < 4.78 is 5.98. The van der Waals surface area contributed by atoms with E-state index in [1.54, 1.807) is 24.3 Å². The first-order valence-electron chi connectivity index (χ1n) is 5.94. The first-order valence-corrected chi connectivity index (χ1v) is 6.73. The highest BCUT2D eigenvalue weighted by Gasteiger charge is 2.28. The summed E-state index contributed by atoms with van der Waals surface area (Å²) in [6, 6.07) is 5.82. The highest BCUT2D eigenvalue weighted by molar-refractivity contribution is 9.10. The first kappa shape index (κ1) is 14.0. The normalized spacial score (nSPS) is 19.9. The van der Waals surface area contributed by atoms with Crippen molar-refractivity contribution in [1.82, 2.24) is 5.32 Å². The summed E-state index contributed by atoms with van der Waals surface area (Å²) in [5.74, 6) is -1.60. The molecule has 1 aliphatic heterocycles. The van der Waals surface area contributed by atoms with Crippen molar-refractivity contribution in [1.29, 1.82) is 0 Å². The molecule has 1 saturated heterocycles. The number of rotatable bonds is 4. The van der Waals surface area contributed by atoms with Crippen molar-refractivity contribution in [3.63, 3.8) is 0 Å². The zero-order valence-electron chi connectivity index (χ0n) is 10.1. The van der Waals surface area contributed by atoms with Gasteiger partial charge in [0, 0.05) is 11.1 Å². The van der Waals surface area contributed by atoms with E-state index in [0.29, 0.717) is 25.2 Å². The predicted octanol–water partition coefficient (Wildman–Crippen LogP) is 1.73. The number of hydrogen-bond acceptors (Lipinski definition) is 3. The van der Waals surface area contributed by atoms with Crippen LogP contribution in [0.3, 0.4) is 0 Å². The third kappa shape index (κ3) is 3.54. The van der Waals surface area contributed by atoms with Crippen molar-refractivity contribution in [2.24, 2.45) is 5.92 Å². The molecule has 2 unspecified atom stereocenters. The summed E-state index contributed by atoms with van der Waals surface area (Å²) in [7, 11) is 0. The molecule has 5 nitrogen and oxygen atoms in total. The summed E-state index contributed by atoms with van der Waals surface area (Å²) in [5.41, 5.74) is 0.544. The molecular weight excluding hydrogens is 314 g/mol. The van der Waals surface area contributed by atoms with E-state index in [1.807, 2.05) is 0 Å². The van der Waals surface area contributed by atoms with Crippen molar-refractivity contribution < 1.29 is 19.4 Å². The Balaban J connectivity index is 2.09. The van der Waals surface area contributed by atoms with Crippen LogP contribution in [-0.2, 0) is 14.3 Å². The molecule has 0 spiro atoms. The van der Waals surface area contributed by atoms with Crippen LogP contribution in [0.25, 0.3) is 0 Å². The smallest absolute Gasteiger partial charge is 0.330 e. The zero-order chi connectivity index (χ0) is 13.8. The number of amides is 1. The number of aliphatic carboxylic acids is 1. The van der Waals surface area contributed by atoms with Crippen LogP contribution in [0.15, 0.2) is 28.7 Å². The van der Waals surface area contributed by atoms with Gasteiger partial charge in [-0.05, 0) is 24.1 Å². The number of carboxylic acid groups (broad SMARTS) is 1. The molecule has 1 aromatic carbocycles. The zero-order valence-corrected chi connectivity index (χ0v) is 11.7. The van der Waals surface area contributed by atoms with Gasteiger partial charge < -0.3 is 15.2 Å². The maximum absolute atomic E-state index is 11.9. The molecule has 1 aromatic rings. The summed E-state index contributed by atoms with van der Waals surface area (Å²) in [4.78, 5) is 23.2. The lowest BCUT2D eigenvalue weighted by molar-refractivity contribution is -0.142. The molecule has 0 bridgehead atoms. The lowest BCUT2D eigenvalue weighted by Crippen LogP contribution is -2.37. The number of benzene rings is 1. The molecule has 6 heteroatoms. The highest BCUT2D eigenvalue weighted by Crippen LogP contribution is 2.19. The van der Waals surface area contributed by atoms with Gasteiger partial charge in [0.15, 0.2) is 6.04 Å². The number of halogens is 1. The third-order valence-electron chi connectivity index (χ3n) is 3.04. The average molecular weight is 328 g/mol. The molecule has 1 fully saturated rings. The van der Waals surface area contributed by atoms with Gasteiger partial charge in [-0.3, -0.25) is 4.79 Å². The summed E-state index contributed by atoms with van der Waals surface area (Å²) in [6.07, 6.45) is 0.637. The fourth-order valence-corrected chi connectivity index (χ4v) is 2.21. The van der Waals surface area contributed by atoms with Gasteiger partial charge in [0.2, 0.25) is 5.91 Å². The first-order chi connectivity index (χ1) is 9.08. The maximum Gasteiger partial charge on any atom is 0.330 e. The average Bonchev–Trinajstić information content (AvgIpc) is 2.90. The molecule has 0 saturated carbocycles. The fraction of sp³-hybridized carbons (Fsp3) is 0.385. The van der Waals surface area contributed by atoms with E-state index in [0.717, 1.165) is 4.47 Å². The van der Waals surface area contributed by atoms with E-state index >= 15 is 0 Å². The largest absolute Gasteiger partial charge is 0.479 e.